The zero-order valence-electron chi connectivity index (χ0n) is 17.3. The standard InChI is InChI=1S/C23H33NO2/c1-15(2)20-13-19(7)22(14-18(20)6)25-12-11-17(5)21-9-8-10-23(24-21)26-16(3)4/h8-10,13-17H,11-12H2,1-7H3. The highest BCUT2D eigenvalue weighted by Crippen LogP contribution is 2.28. The minimum atomic E-state index is 0.136. The highest BCUT2D eigenvalue weighted by atomic mass is 16.5. The predicted molar refractivity (Wildman–Crippen MR) is 109 cm³/mol. The average Bonchev–Trinajstić information content (AvgIpc) is 2.56. The second kappa shape index (κ2) is 9.07. The lowest BCUT2D eigenvalue weighted by atomic mass is 9.95. The molecular weight excluding hydrogens is 322 g/mol. The molecule has 142 valence electrons. The van der Waals surface area contributed by atoms with E-state index in [1.165, 1.54) is 16.7 Å². The highest BCUT2D eigenvalue weighted by Gasteiger charge is 2.12. The molecular formula is C23H33NO2. The monoisotopic (exact) mass is 355 g/mol. The van der Waals surface area contributed by atoms with Gasteiger partial charge in [0.2, 0.25) is 5.88 Å². The minimum absolute atomic E-state index is 0.136. The van der Waals surface area contributed by atoms with Crippen molar-refractivity contribution < 1.29 is 9.47 Å². The Hall–Kier alpha value is -2.03. The van der Waals surface area contributed by atoms with E-state index in [9.17, 15) is 0 Å². The predicted octanol–water partition coefficient (Wildman–Crippen LogP) is 6.18. The lowest BCUT2D eigenvalue weighted by molar-refractivity contribution is 0.231. The van der Waals surface area contributed by atoms with E-state index in [1.807, 2.05) is 26.0 Å². The highest BCUT2D eigenvalue weighted by molar-refractivity contribution is 5.42. The van der Waals surface area contributed by atoms with Gasteiger partial charge in [0.25, 0.3) is 0 Å². The van der Waals surface area contributed by atoms with Gasteiger partial charge in [-0.3, -0.25) is 0 Å². The van der Waals surface area contributed by atoms with E-state index < -0.39 is 0 Å². The van der Waals surface area contributed by atoms with Crippen LogP contribution in [0.1, 0.15) is 75.3 Å². The molecule has 2 aromatic rings. The molecule has 1 atom stereocenters. The zero-order valence-corrected chi connectivity index (χ0v) is 17.3. The van der Waals surface area contributed by atoms with E-state index in [0.29, 0.717) is 24.3 Å². The molecule has 0 amide bonds. The van der Waals surface area contributed by atoms with Crippen molar-refractivity contribution in [3.05, 3.63) is 52.7 Å². The van der Waals surface area contributed by atoms with Crippen LogP contribution in [-0.4, -0.2) is 17.7 Å². The quantitative estimate of drug-likeness (QED) is 0.566. The second-order valence-electron chi connectivity index (χ2n) is 7.73. The summed E-state index contributed by atoms with van der Waals surface area (Å²) in [6.07, 6.45) is 1.05. The summed E-state index contributed by atoms with van der Waals surface area (Å²) >= 11 is 0. The van der Waals surface area contributed by atoms with E-state index in [1.54, 1.807) is 0 Å². The van der Waals surface area contributed by atoms with Crippen LogP contribution in [0.2, 0.25) is 0 Å². The van der Waals surface area contributed by atoms with E-state index in [2.05, 4.69) is 57.8 Å². The third kappa shape index (κ3) is 5.48. The number of pyridine rings is 1. The van der Waals surface area contributed by atoms with E-state index in [4.69, 9.17) is 9.47 Å². The van der Waals surface area contributed by atoms with Crippen LogP contribution in [0.5, 0.6) is 11.6 Å². The zero-order chi connectivity index (χ0) is 19.3. The Morgan fingerprint density at radius 1 is 0.962 bits per heavy atom. The molecule has 1 heterocycles. The van der Waals surface area contributed by atoms with Gasteiger partial charge in [-0.15, -0.1) is 0 Å². The summed E-state index contributed by atoms with van der Waals surface area (Å²) in [6, 6.07) is 10.4. The smallest absolute Gasteiger partial charge is 0.213 e. The van der Waals surface area contributed by atoms with Crippen LogP contribution in [-0.2, 0) is 0 Å². The molecule has 1 unspecified atom stereocenters. The molecule has 0 spiro atoms. The molecule has 0 N–H and O–H groups in total. The van der Waals surface area contributed by atoms with E-state index in [-0.39, 0.29) is 6.10 Å². The number of aromatic nitrogens is 1. The van der Waals surface area contributed by atoms with Crippen molar-refractivity contribution in [2.45, 2.75) is 72.8 Å². The van der Waals surface area contributed by atoms with Crippen LogP contribution in [0.3, 0.4) is 0 Å². The van der Waals surface area contributed by atoms with E-state index >= 15 is 0 Å². The first-order chi connectivity index (χ1) is 12.3. The van der Waals surface area contributed by atoms with Crippen molar-refractivity contribution in [1.82, 2.24) is 4.98 Å². The summed E-state index contributed by atoms with van der Waals surface area (Å²) in [4.78, 5) is 4.62. The number of rotatable bonds is 8. The van der Waals surface area contributed by atoms with Gasteiger partial charge in [-0.25, -0.2) is 4.98 Å². The molecule has 0 fully saturated rings. The third-order valence-electron chi connectivity index (χ3n) is 4.60. The van der Waals surface area contributed by atoms with Crippen LogP contribution in [0.25, 0.3) is 0 Å². The number of ether oxygens (including phenoxy) is 2. The van der Waals surface area contributed by atoms with Crippen LogP contribution in [0.15, 0.2) is 30.3 Å². The summed E-state index contributed by atoms with van der Waals surface area (Å²) in [7, 11) is 0. The SMILES string of the molecule is Cc1cc(C(C)C)c(C)cc1OCCC(C)c1cccc(OC(C)C)n1. The van der Waals surface area contributed by atoms with Crippen LogP contribution < -0.4 is 9.47 Å². The Labute approximate surface area is 158 Å². The van der Waals surface area contributed by atoms with Gasteiger partial charge in [-0.1, -0.05) is 32.9 Å². The Balaban J connectivity index is 1.96. The number of benzene rings is 1. The lowest BCUT2D eigenvalue weighted by Gasteiger charge is -2.17. The van der Waals surface area contributed by atoms with Crippen molar-refractivity contribution in [1.29, 1.82) is 0 Å². The molecule has 0 saturated carbocycles. The maximum absolute atomic E-state index is 6.08. The molecule has 26 heavy (non-hydrogen) atoms. The van der Waals surface area contributed by atoms with Crippen LogP contribution in [0, 0.1) is 13.8 Å². The molecule has 0 aliphatic rings. The average molecular weight is 356 g/mol. The molecule has 3 nitrogen and oxygen atoms in total. The van der Waals surface area contributed by atoms with Gasteiger partial charge in [0.15, 0.2) is 0 Å². The number of hydrogen-bond donors (Lipinski definition) is 0. The van der Waals surface area contributed by atoms with Crippen molar-refractivity contribution in [2.24, 2.45) is 0 Å². The summed E-state index contributed by atoms with van der Waals surface area (Å²) in [5.74, 6) is 2.54. The van der Waals surface area contributed by atoms with Gasteiger partial charge in [-0.05, 0) is 68.9 Å². The number of aryl methyl sites for hydroxylation is 2. The summed E-state index contributed by atoms with van der Waals surface area (Å²) in [5.41, 5.74) is 4.95. The molecule has 0 bridgehead atoms. The first-order valence-corrected chi connectivity index (χ1v) is 9.65. The van der Waals surface area contributed by atoms with Gasteiger partial charge in [0, 0.05) is 17.7 Å². The summed E-state index contributed by atoms with van der Waals surface area (Å²) < 4.78 is 11.8. The first kappa shape index (κ1) is 20.3. The van der Waals surface area contributed by atoms with Crippen molar-refractivity contribution in [2.75, 3.05) is 6.61 Å². The van der Waals surface area contributed by atoms with Crippen LogP contribution >= 0.6 is 0 Å². The molecule has 0 radical (unpaired) electrons. The van der Waals surface area contributed by atoms with Crippen LogP contribution in [0.4, 0.5) is 0 Å². The van der Waals surface area contributed by atoms with Crippen molar-refractivity contribution in [3.8, 4) is 11.6 Å². The van der Waals surface area contributed by atoms with Crippen molar-refractivity contribution in [3.63, 3.8) is 0 Å². The van der Waals surface area contributed by atoms with Gasteiger partial charge >= 0.3 is 0 Å². The molecule has 1 aromatic heterocycles. The van der Waals surface area contributed by atoms with Gasteiger partial charge in [-0.2, -0.15) is 0 Å². The van der Waals surface area contributed by atoms with Gasteiger partial charge in [0.05, 0.1) is 12.7 Å². The van der Waals surface area contributed by atoms with Gasteiger partial charge < -0.3 is 9.47 Å². The van der Waals surface area contributed by atoms with E-state index in [0.717, 1.165) is 17.9 Å². The Morgan fingerprint density at radius 2 is 1.69 bits per heavy atom. The Kier molecular flexibility index (Phi) is 7.07. The number of hydrogen-bond acceptors (Lipinski definition) is 3. The maximum Gasteiger partial charge on any atom is 0.213 e. The fraction of sp³-hybridized carbons (Fsp3) is 0.522. The molecule has 1 aromatic carbocycles. The van der Waals surface area contributed by atoms with Crippen molar-refractivity contribution >= 4 is 0 Å². The third-order valence-corrected chi connectivity index (χ3v) is 4.60. The fourth-order valence-corrected chi connectivity index (χ4v) is 3.10. The maximum atomic E-state index is 6.08. The first-order valence-electron chi connectivity index (χ1n) is 9.65. The molecule has 3 heteroatoms. The second-order valence-corrected chi connectivity index (χ2v) is 7.73. The van der Waals surface area contributed by atoms with Gasteiger partial charge in [0.1, 0.15) is 5.75 Å². The summed E-state index contributed by atoms with van der Waals surface area (Å²) in [6.45, 7) is 15.6. The lowest BCUT2D eigenvalue weighted by Crippen LogP contribution is -2.09. The largest absolute Gasteiger partial charge is 0.493 e. The molecule has 0 saturated heterocycles. The topological polar surface area (TPSA) is 31.4 Å². The summed E-state index contributed by atoms with van der Waals surface area (Å²) in [5, 5.41) is 0. The Bertz CT molecular complexity index is 722. The Morgan fingerprint density at radius 3 is 2.35 bits per heavy atom. The molecule has 0 aliphatic carbocycles. The molecule has 0 aliphatic heterocycles. The minimum Gasteiger partial charge on any atom is -0.493 e. The fourth-order valence-electron chi connectivity index (χ4n) is 3.10. The molecule has 2 rings (SSSR count). The number of nitrogens with zero attached hydrogens (tertiary/aromatic N) is 1. The normalized spacial score (nSPS) is 12.5.